The van der Waals surface area contributed by atoms with Crippen LogP contribution in [0.25, 0.3) is 11.1 Å². The van der Waals surface area contributed by atoms with E-state index in [2.05, 4.69) is 59.0 Å². The van der Waals surface area contributed by atoms with E-state index in [0.717, 1.165) is 23.1 Å². The van der Waals surface area contributed by atoms with Crippen LogP contribution in [-0.2, 0) is 13.9 Å². The van der Waals surface area contributed by atoms with Gasteiger partial charge >= 0.3 is 0 Å². The summed E-state index contributed by atoms with van der Waals surface area (Å²) in [6.07, 6.45) is 0.746. The lowest BCUT2D eigenvalue weighted by atomic mass is 9.93. The van der Waals surface area contributed by atoms with Gasteiger partial charge in [-0.2, -0.15) is 0 Å². The molecule has 1 atom stereocenters. The van der Waals surface area contributed by atoms with Crippen LogP contribution in [0.4, 0.5) is 0 Å². The molecule has 2 rings (SSSR count). The molecule has 0 heterocycles. The number of hydrogen-bond donors (Lipinski definition) is 0. The summed E-state index contributed by atoms with van der Waals surface area (Å²) in [6, 6.07) is 14.2. The van der Waals surface area contributed by atoms with Gasteiger partial charge in [0.15, 0.2) is 21.9 Å². The van der Waals surface area contributed by atoms with Gasteiger partial charge in [-0.15, -0.1) is 0 Å². The maximum atomic E-state index is 6.88. The molecule has 2 aromatic rings. The number of benzene rings is 2. The summed E-state index contributed by atoms with van der Waals surface area (Å²) in [5.74, 6) is 1.38. The molecular weight excluding hydrogens is 408 g/mol. The van der Waals surface area contributed by atoms with Crippen molar-refractivity contribution in [2.24, 2.45) is 0 Å². The smallest absolute Gasteiger partial charge is 0.192 e. The molecule has 0 N–H and O–H groups in total. The van der Waals surface area contributed by atoms with Crippen molar-refractivity contribution in [3.8, 4) is 22.6 Å². The van der Waals surface area contributed by atoms with Gasteiger partial charge in [-0.25, -0.2) is 0 Å². The van der Waals surface area contributed by atoms with Crippen LogP contribution >= 0.6 is 0 Å². The summed E-state index contributed by atoms with van der Waals surface area (Å²) < 4.78 is 29.0. The third-order valence-electron chi connectivity index (χ3n) is 5.81. The normalized spacial score (nSPS) is 13.2. The fourth-order valence-corrected chi connectivity index (χ4v) is 4.48. The molecule has 1 unspecified atom stereocenters. The summed E-state index contributed by atoms with van der Waals surface area (Å²) in [6.45, 7) is 13.8. The van der Waals surface area contributed by atoms with E-state index in [1.165, 1.54) is 0 Å². The van der Waals surface area contributed by atoms with Crippen LogP contribution in [-0.4, -0.2) is 36.1 Å². The van der Waals surface area contributed by atoms with Gasteiger partial charge in [0.1, 0.15) is 11.5 Å². The van der Waals surface area contributed by atoms with Crippen LogP contribution in [0.3, 0.4) is 0 Å². The minimum absolute atomic E-state index is 0.0907. The predicted molar refractivity (Wildman–Crippen MR) is 128 cm³/mol. The van der Waals surface area contributed by atoms with Gasteiger partial charge in [0.05, 0.1) is 6.10 Å². The lowest BCUT2D eigenvalue weighted by molar-refractivity contribution is 0.0458. The van der Waals surface area contributed by atoms with E-state index >= 15 is 0 Å². The first-order valence-corrected chi connectivity index (χ1v) is 13.7. The molecule has 0 aromatic heterocycles. The van der Waals surface area contributed by atoms with Crippen molar-refractivity contribution in [3.05, 3.63) is 48.0 Å². The standard InChI is InChI=1S/C25H38O5Si/c1-9-22(30-31(7,8)25(2,3)4)21-15-20(28-17-26-5)16-23(29-18-27-6)24(21)19-13-11-10-12-14-19/h10-16,22H,9,17-18H2,1-8H3. The van der Waals surface area contributed by atoms with Gasteiger partial charge < -0.3 is 23.4 Å². The molecule has 0 amide bonds. The zero-order valence-electron chi connectivity index (χ0n) is 20.3. The van der Waals surface area contributed by atoms with Crippen LogP contribution in [0.5, 0.6) is 11.5 Å². The Bertz CT molecular complexity index is 815. The fraction of sp³-hybridized carbons (Fsp3) is 0.520. The minimum atomic E-state index is -2.01. The molecule has 172 valence electrons. The Labute approximate surface area is 188 Å². The van der Waals surface area contributed by atoms with Crippen LogP contribution in [0.2, 0.25) is 18.1 Å². The molecule has 0 saturated heterocycles. The largest absolute Gasteiger partial charge is 0.467 e. The van der Waals surface area contributed by atoms with Crippen molar-refractivity contribution in [2.75, 3.05) is 27.8 Å². The molecular formula is C25H38O5Si. The lowest BCUT2D eigenvalue weighted by Crippen LogP contribution is -2.41. The van der Waals surface area contributed by atoms with Gasteiger partial charge in [0, 0.05) is 25.8 Å². The lowest BCUT2D eigenvalue weighted by Gasteiger charge is -2.39. The average molecular weight is 447 g/mol. The predicted octanol–water partition coefficient (Wildman–Crippen LogP) is 6.79. The van der Waals surface area contributed by atoms with Crippen molar-refractivity contribution < 1.29 is 23.4 Å². The van der Waals surface area contributed by atoms with Gasteiger partial charge in [0.25, 0.3) is 0 Å². The quantitative estimate of drug-likeness (QED) is 0.281. The van der Waals surface area contributed by atoms with E-state index in [4.69, 9.17) is 23.4 Å². The first kappa shape index (κ1) is 25.4. The third-order valence-corrected chi connectivity index (χ3v) is 10.3. The van der Waals surface area contributed by atoms with Gasteiger partial charge in [0.2, 0.25) is 0 Å². The zero-order valence-corrected chi connectivity index (χ0v) is 21.3. The van der Waals surface area contributed by atoms with Gasteiger partial charge in [-0.05, 0) is 41.7 Å². The SMILES string of the molecule is CCC(O[Si](C)(C)C(C)(C)C)c1cc(OCOC)cc(OCOC)c1-c1ccccc1. The topological polar surface area (TPSA) is 46.2 Å². The molecule has 0 saturated carbocycles. The van der Waals surface area contributed by atoms with E-state index in [0.29, 0.717) is 11.5 Å². The Morgan fingerprint density at radius 2 is 1.52 bits per heavy atom. The highest BCUT2D eigenvalue weighted by Gasteiger charge is 2.39. The van der Waals surface area contributed by atoms with Gasteiger partial charge in [-0.3, -0.25) is 0 Å². The van der Waals surface area contributed by atoms with Crippen molar-refractivity contribution in [1.82, 2.24) is 0 Å². The van der Waals surface area contributed by atoms with Crippen LogP contribution < -0.4 is 9.47 Å². The zero-order chi connectivity index (χ0) is 23.1. The molecule has 0 aliphatic carbocycles. The highest BCUT2D eigenvalue weighted by molar-refractivity contribution is 6.74. The molecule has 0 fully saturated rings. The Balaban J connectivity index is 2.67. The van der Waals surface area contributed by atoms with Crippen LogP contribution in [0, 0.1) is 0 Å². The Kier molecular flexibility index (Phi) is 9.12. The van der Waals surface area contributed by atoms with Crippen LogP contribution in [0.1, 0.15) is 45.8 Å². The van der Waals surface area contributed by atoms with Crippen molar-refractivity contribution in [1.29, 1.82) is 0 Å². The Morgan fingerprint density at radius 3 is 2.06 bits per heavy atom. The molecule has 0 spiro atoms. The first-order valence-electron chi connectivity index (χ1n) is 10.8. The van der Waals surface area contributed by atoms with E-state index in [1.54, 1.807) is 14.2 Å². The molecule has 0 aliphatic heterocycles. The van der Waals surface area contributed by atoms with Gasteiger partial charge in [-0.1, -0.05) is 58.0 Å². The number of ether oxygens (including phenoxy) is 4. The van der Waals surface area contributed by atoms with E-state index in [9.17, 15) is 0 Å². The summed E-state index contributed by atoms with van der Waals surface area (Å²) in [4.78, 5) is 0. The molecule has 5 nitrogen and oxygen atoms in total. The maximum Gasteiger partial charge on any atom is 0.192 e. The molecule has 0 aliphatic rings. The van der Waals surface area contributed by atoms with E-state index in [1.807, 2.05) is 24.3 Å². The van der Waals surface area contributed by atoms with Crippen molar-refractivity contribution in [2.45, 2.75) is 58.4 Å². The third kappa shape index (κ3) is 6.56. The molecule has 6 heteroatoms. The minimum Gasteiger partial charge on any atom is -0.467 e. The fourth-order valence-electron chi connectivity index (χ4n) is 3.12. The van der Waals surface area contributed by atoms with E-state index in [-0.39, 0.29) is 24.7 Å². The first-order chi connectivity index (χ1) is 14.6. The second-order valence-electron chi connectivity index (χ2n) is 9.13. The summed E-state index contributed by atoms with van der Waals surface area (Å²) in [5.41, 5.74) is 3.13. The second-order valence-corrected chi connectivity index (χ2v) is 13.9. The number of rotatable bonds is 11. The molecule has 0 bridgehead atoms. The number of hydrogen-bond acceptors (Lipinski definition) is 5. The molecule has 2 aromatic carbocycles. The summed E-state index contributed by atoms with van der Waals surface area (Å²) in [5, 5.41) is 0.104. The highest BCUT2D eigenvalue weighted by atomic mass is 28.4. The highest BCUT2D eigenvalue weighted by Crippen LogP contribution is 2.45. The number of methoxy groups -OCH3 is 2. The summed E-state index contributed by atoms with van der Waals surface area (Å²) >= 11 is 0. The van der Waals surface area contributed by atoms with E-state index < -0.39 is 8.32 Å². The molecule has 0 radical (unpaired) electrons. The van der Waals surface area contributed by atoms with Crippen LogP contribution in [0.15, 0.2) is 42.5 Å². The average Bonchev–Trinajstić information content (AvgIpc) is 2.73. The maximum absolute atomic E-state index is 6.88. The second kappa shape index (κ2) is 11.1. The Hall–Kier alpha value is -1.86. The monoisotopic (exact) mass is 446 g/mol. The summed E-state index contributed by atoms with van der Waals surface area (Å²) in [7, 11) is 1.21. The van der Waals surface area contributed by atoms with Crippen molar-refractivity contribution in [3.63, 3.8) is 0 Å². The van der Waals surface area contributed by atoms with Crippen molar-refractivity contribution >= 4 is 8.32 Å². The Morgan fingerprint density at radius 1 is 0.903 bits per heavy atom. The molecule has 31 heavy (non-hydrogen) atoms.